The van der Waals surface area contributed by atoms with Crippen molar-refractivity contribution in [2.24, 2.45) is 0 Å². The van der Waals surface area contributed by atoms with Crippen LogP contribution in [0, 0.1) is 0 Å². The van der Waals surface area contributed by atoms with Crippen molar-refractivity contribution in [1.82, 2.24) is 0 Å². The molecule has 1 heterocycles. The van der Waals surface area contributed by atoms with E-state index in [0.717, 1.165) is 51.4 Å². The number of rotatable bonds is 16. The molecule has 180 valence electrons. The van der Waals surface area contributed by atoms with Gasteiger partial charge in [-0.2, -0.15) is 0 Å². The van der Waals surface area contributed by atoms with Gasteiger partial charge in [-0.25, -0.2) is 0 Å². The summed E-state index contributed by atoms with van der Waals surface area (Å²) in [4.78, 5) is 0. The minimum Gasteiger partial charge on any atom is -0.367 e. The van der Waals surface area contributed by atoms with Crippen molar-refractivity contribution >= 4 is 0 Å². The molecule has 0 N–H and O–H groups in total. The summed E-state index contributed by atoms with van der Waals surface area (Å²) in [7, 11) is 0. The maximum atomic E-state index is 5.68. The molecule has 1 unspecified atom stereocenters. The van der Waals surface area contributed by atoms with Crippen LogP contribution in [0.3, 0.4) is 0 Å². The normalized spacial score (nSPS) is 19.2. The standard InChI is InChI=1S/C31H50O/c1-9-29(21-12-15-25(2)3)22-14-20-27(5)17-11-10-16-26(4)18-13-19-28(6)23-24-30-31(7,8)32-30/h9,15-17,19,22,30H,1,10-14,18,20-21,23-24H2,2-8H3/b26-16?,27-17?,28-19?,29-22-. The summed E-state index contributed by atoms with van der Waals surface area (Å²) in [6.45, 7) is 19.5. The van der Waals surface area contributed by atoms with Gasteiger partial charge in [0.05, 0.1) is 11.7 Å². The summed E-state index contributed by atoms with van der Waals surface area (Å²) in [6, 6.07) is 0. The third-order valence-corrected chi connectivity index (χ3v) is 6.34. The highest BCUT2D eigenvalue weighted by Crippen LogP contribution is 2.38. The molecular weight excluding hydrogens is 388 g/mol. The second kappa shape index (κ2) is 15.3. The van der Waals surface area contributed by atoms with E-state index in [-0.39, 0.29) is 5.60 Å². The predicted molar refractivity (Wildman–Crippen MR) is 144 cm³/mol. The molecule has 1 atom stereocenters. The molecule has 1 aliphatic heterocycles. The number of ether oxygens (including phenoxy) is 1. The smallest absolute Gasteiger partial charge is 0.0892 e. The molecule has 1 aliphatic rings. The van der Waals surface area contributed by atoms with Crippen molar-refractivity contribution in [2.75, 3.05) is 0 Å². The Morgan fingerprint density at radius 3 is 1.66 bits per heavy atom. The van der Waals surface area contributed by atoms with Gasteiger partial charge in [0, 0.05) is 0 Å². The molecule has 0 spiro atoms. The molecule has 0 aromatic carbocycles. The maximum Gasteiger partial charge on any atom is 0.0892 e. The van der Waals surface area contributed by atoms with E-state index in [1.807, 2.05) is 6.08 Å². The van der Waals surface area contributed by atoms with Gasteiger partial charge in [0.1, 0.15) is 0 Å². The number of hydrogen-bond acceptors (Lipinski definition) is 1. The molecule has 0 aliphatic carbocycles. The third kappa shape index (κ3) is 13.7. The highest BCUT2D eigenvalue weighted by molar-refractivity contribution is 5.17. The van der Waals surface area contributed by atoms with E-state index >= 15 is 0 Å². The van der Waals surface area contributed by atoms with Crippen LogP contribution in [0.15, 0.2) is 70.9 Å². The Balaban J connectivity index is 2.21. The van der Waals surface area contributed by atoms with Gasteiger partial charge >= 0.3 is 0 Å². The van der Waals surface area contributed by atoms with Crippen LogP contribution in [0.4, 0.5) is 0 Å². The first-order valence-corrected chi connectivity index (χ1v) is 12.7. The monoisotopic (exact) mass is 438 g/mol. The largest absolute Gasteiger partial charge is 0.367 e. The van der Waals surface area contributed by atoms with Crippen LogP contribution in [-0.2, 0) is 4.74 Å². The molecule has 0 aromatic heterocycles. The zero-order chi connectivity index (χ0) is 24.0. The first-order chi connectivity index (χ1) is 15.1. The van der Waals surface area contributed by atoms with E-state index in [1.165, 1.54) is 40.7 Å². The first-order valence-electron chi connectivity index (χ1n) is 12.7. The van der Waals surface area contributed by atoms with E-state index in [1.54, 1.807) is 0 Å². The lowest BCUT2D eigenvalue weighted by molar-refractivity contribution is 0.320. The molecule has 0 saturated carbocycles. The highest BCUT2D eigenvalue weighted by atomic mass is 16.6. The molecule has 32 heavy (non-hydrogen) atoms. The van der Waals surface area contributed by atoms with Gasteiger partial charge in [-0.05, 0) is 113 Å². The van der Waals surface area contributed by atoms with Gasteiger partial charge in [-0.1, -0.05) is 70.9 Å². The van der Waals surface area contributed by atoms with Gasteiger partial charge in [0.25, 0.3) is 0 Å². The molecule has 1 nitrogen and oxygen atoms in total. The van der Waals surface area contributed by atoms with Crippen LogP contribution in [0.1, 0.15) is 113 Å². The zero-order valence-electron chi connectivity index (χ0n) is 22.2. The average Bonchev–Trinajstić information content (AvgIpc) is 3.34. The fourth-order valence-corrected chi connectivity index (χ4v) is 3.91. The van der Waals surface area contributed by atoms with Crippen molar-refractivity contribution in [3.63, 3.8) is 0 Å². The van der Waals surface area contributed by atoms with Crippen molar-refractivity contribution in [1.29, 1.82) is 0 Å². The first kappa shape index (κ1) is 28.4. The van der Waals surface area contributed by atoms with E-state index in [2.05, 4.69) is 85.4 Å². The number of epoxide rings is 1. The van der Waals surface area contributed by atoms with E-state index in [9.17, 15) is 0 Å². The zero-order valence-corrected chi connectivity index (χ0v) is 22.2. The van der Waals surface area contributed by atoms with Gasteiger partial charge in [-0.3, -0.25) is 0 Å². The topological polar surface area (TPSA) is 12.5 Å². The molecule has 0 aromatic rings. The molecular formula is C31H50O. The van der Waals surface area contributed by atoms with Crippen LogP contribution >= 0.6 is 0 Å². The quantitative estimate of drug-likeness (QED) is 0.101. The minimum atomic E-state index is 0.128. The Hall–Kier alpha value is -1.60. The van der Waals surface area contributed by atoms with E-state index in [0.29, 0.717) is 6.10 Å². The summed E-state index contributed by atoms with van der Waals surface area (Å²) in [5, 5.41) is 0. The summed E-state index contributed by atoms with van der Waals surface area (Å²) >= 11 is 0. The molecule has 1 rings (SSSR count). The van der Waals surface area contributed by atoms with Crippen molar-refractivity contribution in [3.05, 3.63) is 70.9 Å². The van der Waals surface area contributed by atoms with Gasteiger partial charge < -0.3 is 4.74 Å². The highest BCUT2D eigenvalue weighted by Gasteiger charge is 2.46. The minimum absolute atomic E-state index is 0.128. The molecule has 1 heteroatoms. The SMILES string of the molecule is C=C/C(=C/CCC(C)=CCCC=C(C)CCC=C(C)CCC1OC1(C)C)CCC=C(C)C. The summed E-state index contributed by atoms with van der Waals surface area (Å²) in [5.41, 5.74) is 7.43. The number of unbranched alkanes of at least 4 members (excludes halogenated alkanes) is 1. The lowest BCUT2D eigenvalue weighted by Gasteiger charge is -2.03. The Kier molecular flexibility index (Phi) is 13.6. The van der Waals surface area contributed by atoms with Crippen molar-refractivity contribution in [2.45, 2.75) is 124 Å². The van der Waals surface area contributed by atoms with Crippen molar-refractivity contribution in [3.8, 4) is 0 Å². The van der Waals surface area contributed by atoms with E-state index < -0.39 is 0 Å². The van der Waals surface area contributed by atoms with Gasteiger partial charge in [0.2, 0.25) is 0 Å². The van der Waals surface area contributed by atoms with E-state index in [4.69, 9.17) is 4.74 Å². The summed E-state index contributed by atoms with van der Waals surface area (Å²) in [5.74, 6) is 0. The molecule has 1 saturated heterocycles. The number of hydrogen-bond donors (Lipinski definition) is 0. The fourth-order valence-electron chi connectivity index (χ4n) is 3.91. The van der Waals surface area contributed by atoms with Crippen LogP contribution in [0.25, 0.3) is 0 Å². The maximum absolute atomic E-state index is 5.68. The predicted octanol–water partition coefficient (Wildman–Crippen LogP) is 9.98. The van der Waals surface area contributed by atoms with Crippen LogP contribution in [0.5, 0.6) is 0 Å². The lowest BCUT2D eigenvalue weighted by Crippen LogP contribution is -2.02. The average molecular weight is 439 g/mol. The Bertz CT molecular complexity index is 720. The molecule has 0 bridgehead atoms. The Morgan fingerprint density at radius 1 is 0.688 bits per heavy atom. The van der Waals surface area contributed by atoms with Crippen LogP contribution < -0.4 is 0 Å². The second-order valence-corrected chi connectivity index (χ2v) is 10.4. The van der Waals surface area contributed by atoms with Gasteiger partial charge in [-0.15, -0.1) is 0 Å². The fraction of sp³-hybridized carbons (Fsp3) is 0.613. The van der Waals surface area contributed by atoms with Crippen LogP contribution in [0.2, 0.25) is 0 Å². The van der Waals surface area contributed by atoms with Crippen LogP contribution in [-0.4, -0.2) is 11.7 Å². The van der Waals surface area contributed by atoms with Gasteiger partial charge in [0.15, 0.2) is 0 Å². The Morgan fingerprint density at radius 2 is 1.16 bits per heavy atom. The number of allylic oxidation sites excluding steroid dienone is 11. The Labute approximate surface area is 200 Å². The molecule has 0 radical (unpaired) electrons. The molecule has 0 amide bonds. The lowest BCUT2D eigenvalue weighted by atomic mass is 10.0. The third-order valence-electron chi connectivity index (χ3n) is 6.34. The summed E-state index contributed by atoms with van der Waals surface area (Å²) < 4.78 is 5.68. The summed E-state index contributed by atoms with van der Waals surface area (Å²) in [6.07, 6.45) is 25.8. The van der Waals surface area contributed by atoms with Crippen molar-refractivity contribution < 1.29 is 4.74 Å². The molecule has 1 fully saturated rings. The second-order valence-electron chi connectivity index (χ2n) is 10.4.